The number of benzene rings is 1. The number of amides is 1. The highest BCUT2D eigenvalue weighted by Crippen LogP contribution is 2.46. The van der Waals surface area contributed by atoms with Gasteiger partial charge in [0.05, 0.1) is 34.3 Å². The zero-order valence-electron chi connectivity index (χ0n) is 23.5. The maximum absolute atomic E-state index is 14.7. The number of hydrogen-bond donors (Lipinski definition) is 1. The van der Waals surface area contributed by atoms with Crippen LogP contribution in [0.5, 0.6) is 0 Å². The lowest BCUT2D eigenvalue weighted by atomic mass is 9.75. The van der Waals surface area contributed by atoms with Crippen LogP contribution in [0.15, 0.2) is 42.7 Å². The van der Waals surface area contributed by atoms with E-state index in [1.165, 1.54) is 23.6 Å². The number of sulfone groups is 1. The summed E-state index contributed by atoms with van der Waals surface area (Å²) < 4.78 is 52.5. The molecular weight excluding hydrogens is 580 g/mol. The number of alkyl halides is 1. The number of anilines is 1. The molecule has 1 aliphatic carbocycles. The van der Waals surface area contributed by atoms with E-state index in [0.717, 1.165) is 22.3 Å². The lowest BCUT2D eigenvalue weighted by molar-refractivity contribution is -0.128. The van der Waals surface area contributed by atoms with Crippen molar-refractivity contribution in [2.45, 2.75) is 51.2 Å². The normalized spacial score (nSPS) is 22.9. The largest absolute Gasteiger partial charge is 0.369 e. The highest BCUT2D eigenvalue weighted by molar-refractivity contribution is 7.91. The Kier molecular flexibility index (Phi) is 8.89. The SMILES string of the molecule is CC(C)[C@@H](C#N)NC(=O)C1C[C@@H](F)CC[C@H]1c1nc(-c2cncc(F)c2)sc1-c1ccc(N2CCS(=O)(=O)CC2)cc1. The number of nitrogens with one attached hydrogen (secondary N) is 1. The molecule has 2 fully saturated rings. The molecule has 3 aromatic rings. The van der Waals surface area contributed by atoms with Gasteiger partial charge in [-0.05, 0) is 48.9 Å². The standard InChI is InChI=1S/C30H33F2N5O3S2/c1-18(2)26(15-33)35-29(38)25-14-21(31)5-8-24(25)27-28(41-30(36-27)20-13-22(32)17-34-16-20)19-3-6-23(7-4-19)37-9-11-42(39,40)12-10-37/h3-4,6-7,13,16-18,21,24-26H,5,8-12,14H2,1-2H3,(H,35,38)/t21-,24+,25?,26+/m0/s1. The molecule has 3 heterocycles. The van der Waals surface area contributed by atoms with Crippen LogP contribution in [0.3, 0.4) is 0 Å². The van der Waals surface area contributed by atoms with E-state index in [-0.39, 0.29) is 36.2 Å². The van der Waals surface area contributed by atoms with Crippen LogP contribution in [0.1, 0.15) is 44.7 Å². The van der Waals surface area contributed by atoms with Crippen LogP contribution in [-0.4, -0.2) is 61.1 Å². The molecule has 8 nitrogen and oxygen atoms in total. The summed E-state index contributed by atoms with van der Waals surface area (Å²) in [5.41, 5.74) is 2.88. The number of pyridine rings is 1. The Hall–Kier alpha value is -3.43. The first-order chi connectivity index (χ1) is 20.0. The summed E-state index contributed by atoms with van der Waals surface area (Å²) in [5.74, 6) is -1.88. The van der Waals surface area contributed by atoms with E-state index in [1.807, 2.05) is 43.0 Å². The van der Waals surface area contributed by atoms with Gasteiger partial charge in [-0.3, -0.25) is 9.78 Å². The predicted octanol–water partition coefficient (Wildman–Crippen LogP) is 5.13. The third-order valence-electron chi connectivity index (χ3n) is 8.02. The topological polar surface area (TPSA) is 116 Å². The van der Waals surface area contributed by atoms with E-state index in [2.05, 4.69) is 16.4 Å². The minimum absolute atomic E-state index is 0.0252. The highest BCUT2D eigenvalue weighted by atomic mass is 32.2. The fourth-order valence-electron chi connectivity index (χ4n) is 5.58. The number of carbonyl (C=O) groups excluding carboxylic acids is 1. The Morgan fingerprint density at radius 1 is 1.14 bits per heavy atom. The minimum Gasteiger partial charge on any atom is -0.369 e. The van der Waals surface area contributed by atoms with Gasteiger partial charge in [0, 0.05) is 42.4 Å². The summed E-state index contributed by atoms with van der Waals surface area (Å²) in [5, 5.41) is 12.9. The average Bonchev–Trinajstić information content (AvgIpc) is 3.41. The Balaban J connectivity index is 1.52. The first-order valence-electron chi connectivity index (χ1n) is 14.1. The van der Waals surface area contributed by atoms with Gasteiger partial charge in [0.1, 0.15) is 23.0 Å². The summed E-state index contributed by atoms with van der Waals surface area (Å²) >= 11 is 1.36. The summed E-state index contributed by atoms with van der Waals surface area (Å²) in [7, 11) is -3.01. The average molecular weight is 614 g/mol. The van der Waals surface area contributed by atoms with Crippen LogP contribution < -0.4 is 10.2 Å². The Morgan fingerprint density at radius 3 is 2.50 bits per heavy atom. The molecular formula is C30H33F2N5O3S2. The van der Waals surface area contributed by atoms with E-state index in [0.29, 0.717) is 35.8 Å². The lowest BCUT2D eigenvalue weighted by Crippen LogP contribution is -2.44. The maximum atomic E-state index is 14.7. The Morgan fingerprint density at radius 2 is 1.86 bits per heavy atom. The molecule has 1 saturated heterocycles. The number of nitriles is 1. The fraction of sp³-hybridized carbons (Fsp3) is 0.467. The van der Waals surface area contributed by atoms with Crippen molar-refractivity contribution in [1.82, 2.24) is 15.3 Å². The molecule has 1 N–H and O–H groups in total. The third-order valence-corrected chi connectivity index (χ3v) is 10.8. The van der Waals surface area contributed by atoms with E-state index in [1.54, 1.807) is 0 Å². The third kappa shape index (κ3) is 6.63. The molecule has 12 heteroatoms. The molecule has 1 aromatic carbocycles. The van der Waals surface area contributed by atoms with Gasteiger partial charge in [0.15, 0.2) is 9.84 Å². The fourth-order valence-corrected chi connectivity index (χ4v) is 7.90. The van der Waals surface area contributed by atoms with Crippen molar-refractivity contribution >= 4 is 32.8 Å². The Bertz CT molecular complexity index is 1570. The molecule has 4 atom stereocenters. The van der Waals surface area contributed by atoms with Crippen LogP contribution in [0.4, 0.5) is 14.5 Å². The molecule has 222 valence electrons. The number of thiazole rings is 1. The molecule has 1 aliphatic heterocycles. The number of hydrogen-bond acceptors (Lipinski definition) is 8. The second-order valence-corrected chi connectivity index (χ2v) is 14.6. The van der Waals surface area contributed by atoms with Crippen molar-refractivity contribution in [1.29, 1.82) is 5.26 Å². The van der Waals surface area contributed by atoms with Gasteiger partial charge in [-0.15, -0.1) is 11.3 Å². The molecule has 0 radical (unpaired) electrons. The number of rotatable bonds is 7. The van der Waals surface area contributed by atoms with Gasteiger partial charge in [-0.2, -0.15) is 5.26 Å². The van der Waals surface area contributed by atoms with Crippen molar-refractivity contribution < 1.29 is 22.0 Å². The molecule has 1 saturated carbocycles. The molecule has 42 heavy (non-hydrogen) atoms. The first-order valence-corrected chi connectivity index (χ1v) is 16.7. The molecule has 5 rings (SSSR count). The minimum atomic E-state index is -3.01. The summed E-state index contributed by atoms with van der Waals surface area (Å²) in [6.07, 6.45) is 2.22. The van der Waals surface area contributed by atoms with Crippen molar-refractivity contribution in [3.8, 4) is 27.1 Å². The van der Waals surface area contributed by atoms with Gasteiger partial charge in [-0.25, -0.2) is 22.2 Å². The Labute approximate surface area is 248 Å². The van der Waals surface area contributed by atoms with Gasteiger partial charge in [-0.1, -0.05) is 26.0 Å². The van der Waals surface area contributed by atoms with Crippen molar-refractivity contribution in [3.63, 3.8) is 0 Å². The van der Waals surface area contributed by atoms with Crippen LogP contribution in [-0.2, 0) is 14.6 Å². The van der Waals surface area contributed by atoms with Crippen molar-refractivity contribution in [2.75, 3.05) is 29.5 Å². The summed E-state index contributed by atoms with van der Waals surface area (Å²) in [6, 6.07) is 10.5. The lowest BCUT2D eigenvalue weighted by Gasteiger charge is -2.33. The van der Waals surface area contributed by atoms with E-state index in [4.69, 9.17) is 4.98 Å². The molecule has 0 bridgehead atoms. The molecule has 2 aliphatic rings. The van der Waals surface area contributed by atoms with Crippen molar-refractivity contribution in [3.05, 3.63) is 54.2 Å². The number of halogens is 2. The second kappa shape index (κ2) is 12.4. The van der Waals surface area contributed by atoms with Gasteiger partial charge >= 0.3 is 0 Å². The van der Waals surface area contributed by atoms with E-state index < -0.39 is 39.7 Å². The zero-order valence-corrected chi connectivity index (χ0v) is 25.1. The van der Waals surface area contributed by atoms with Gasteiger partial charge in [0.25, 0.3) is 0 Å². The smallest absolute Gasteiger partial charge is 0.224 e. The first kappa shape index (κ1) is 30.0. The monoisotopic (exact) mass is 613 g/mol. The van der Waals surface area contributed by atoms with E-state index >= 15 is 0 Å². The number of carbonyl (C=O) groups is 1. The number of aromatic nitrogens is 2. The maximum Gasteiger partial charge on any atom is 0.224 e. The quantitative estimate of drug-likeness (QED) is 0.393. The molecule has 1 amide bonds. The number of nitrogens with zero attached hydrogens (tertiary/aromatic N) is 4. The summed E-state index contributed by atoms with van der Waals surface area (Å²) in [6.45, 7) is 4.53. The zero-order chi connectivity index (χ0) is 30.0. The summed E-state index contributed by atoms with van der Waals surface area (Å²) in [4.78, 5) is 25.2. The molecule has 2 aromatic heterocycles. The molecule has 1 unspecified atom stereocenters. The molecule has 0 spiro atoms. The van der Waals surface area contributed by atoms with Crippen LogP contribution in [0.25, 0.3) is 21.0 Å². The predicted molar refractivity (Wildman–Crippen MR) is 159 cm³/mol. The van der Waals surface area contributed by atoms with Crippen LogP contribution >= 0.6 is 11.3 Å². The van der Waals surface area contributed by atoms with Gasteiger partial charge in [0.2, 0.25) is 5.91 Å². The van der Waals surface area contributed by atoms with Crippen LogP contribution in [0, 0.1) is 29.0 Å². The van der Waals surface area contributed by atoms with Crippen LogP contribution in [0.2, 0.25) is 0 Å². The van der Waals surface area contributed by atoms with Crippen molar-refractivity contribution in [2.24, 2.45) is 11.8 Å². The highest BCUT2D eigenvalue weighted by Gasteiger charge is 2.40. The second-order valence-electron chi connectivity index (χ2n) is 11.3. The van der Waals surface area contributed by atoms with Gasteiger partial charge < -0.3 is 10.2 Å². The van der Waals surface area contributed by atoms with E-state index in [9.17, 15) is 27.3 Å².